The smallest absolute Gasteiger partial charge is 0.222 e. The zero-order valence-electron chi connectivity index (χ0n) is 21.4. The number of rotatable bonds is 11. The first kappa shape index (κ1) is 28.0. The topological polar surface area (TPSA) is 99.9 Å². The number of aliphatic imine (C=N–C) groups is 1. The monoisotopic (exact) mass is 527 g/mol. The Labute approximate surface area is 221 Å². The first-order valence-electron chi connectivity index (χ1n) is 11.8. The van der Waals surface area contributed by atoms with Gasteiger partial charge in [0.15, 0.2) is 0 Å². The molecule has 1 heterocycles. The zero-order chi connectivity index (χ0) is 26.9. The van der Waals surface area contributed by atoms with Crippen molar-refractivity contribution in [2.75, 3.05) is 27.3 Å². The first-order chi connectivity index (χ1) is 17.8. The largest absolute Gasteiger partial charge is 0.487 e. The predicted octanol–water partition coefficient (Wildman–Crippen LogP) is 4.87. The number of nitrogens with zero attached hydrogens (tertiary/aromatic N) is 3. The molecule has 0 aliphatic heterocycles. The molecule has 3 rings (SSSR count). The van der Waals surface area contributed by atoms with Gasteiger partial charge in [-0.15, -0.1) is 0 Å². The molecule has 0 aliphatic rings. The second-order valence-corrected chi connectivity index (χ2v) is 8.70. The van der Waals surface area contributed by atoms with Crippen molar-refractivity contribution in [1.82, 2.24) is 15.2 Å². The molecule has 0 saturated heterocycles. The van der Waals surface area contributed by atoms with Gasteiger partial charge in [-0.2, -0.15) is 0 Å². The number of benzene rings is 2. The van der Waals surface area contributed by atoms with Gasteiger partial charge in [-0.1, -0.05) is 30.7 Å². The second-order valence-electron chi connectivity index (χ2n) is 8.30. The van der Waals surface area contributed by atoms with Crippen molar-refractivity contribution >= 4 is 40.6 Å². The van der Waals surface area contributed by atoms with Crippen LogP contribution in [0.1, 0.15) is 35.7 Å². The molecule has 196 valence electrons. The van der Waals surface area contributed by atoms with Gasteiger partial charge in [0.1, 0.15) is 35.9 Å². The maximum atomic E-state index is 14.3. The van der Waals surface area contributed by atoms with Crippen molar-refractivity contribution in [3.05, 3.63) is 69.6 Å². The molecule has 3 aromatic rings. The molecule has 0 aliphatic carbocycles. The van der Waals surface area contributed by atoms with Gasteiger partial charge in [-0.05, 0) is 36.8 Å². The number of hydrogen-bond donors (Lipinski definition) is 2. The van der Waals surface area contributed by atoms with Gasteiger partial charge in [-0.25, -0.2) is 14.4 Å². The summed E-state index contributed by atoms with van der Waals surface area (Å²) in [6, 6.07) is 10.1. The molecule has 2 aromatic carbocycles. The number of ether oxygens (including phenoxy) is 2. The predicted molar refractivity (Wildman–Crippen MR) is 144 cm³/mol. The van der Waals surface area contributed by atoms with Gasteiger partial charge in [0, 0.05) is 55.9 Å². The summed E-state index contributed by atoms with van der Waals surface area (Å²) in [6.45, 7) is 4.60. The van der Waals surface area contributed by atoms with Crippen molar-refractivity contribution in [2.24, 2.45) is 4.99 Å². The Kier molecular flexibility index (Phi) is 9.93. The van der Waals surface area contributed by atoms with Crippen molar-refractivity contribution in [2.45, 2.75) is 33.4 Å². The van der Waals surface area contributed by atoms with Crippen LogP contribution in [0.4, 0.5) is 4.39 Å². The van der Waals surface area contributed by atoms with Crippen LogP contribution in [0.25, 0.3) is 10.9 Å². The number of carbonyl (C=O) groups excluding carboxylic acids is 1. The molecule has 0 fully saturated rings. The van der Waals surface area contributed by atoms with Gasteiger partial charge in [0.25, 0.3) is 0 Å². The van der Waals surface area contributed by atoms with E-state index in [1.807, 2.05) is 25.1 Å². The number of aryl methyl sites for hydroxylation is 1. The van der Waals surface area contributed by atoms with Gasteiger partial charge in [-0.3, -0.25) is 10.2 Å². The van der Waals surface area contributed by atoms with Crippen LogP contribution in [0.2, 0.25) is 5.02 Å². The van der Waals surface area contributed by atoms with E-state index in [1.165, 1.54) is 12.1 Å². The number of halogens is 2. The van der Waals surface area contributed by atoms with Crippen LogP contribution >= 0.6 is 11.6 Å². The van der Waals surface area contributed by atoms with E-state index >= 15 is 0 Å². The fraction of sp³-hybridized carbons (Fsp3) is 0.333. The van der Waals surface area contributed by atoms with E-state index in [-0.39, 0.29) is 24.1 Å². The Morgan fingerprint density at radius 2 is 2.11 bits per heavy atom. The minimum atomic E-state index is -0.489. The number of hydrogen-bond acceptors (Lipinski definition) is 5. The molecule has 37 heavy (non-hydrogen) atoms. The highest BCUT2D eigenvalue weighted by atomic mass is 35.5. The third-order valence-electron chi connectivity index (χ3n) is 5.82. The summed E-state index contributed by atoms with van der Waals surface area (Å²) in [5.41, 5.74) is 3.29. The standard InChI is InChI=1S/C27H31ClFN5O3/c1-5-25(35)34(9-10-36-4)14-18-12-19(29)13-23(28)22(18)15-37-24-8-6-7-20-21(27(31-3)32-16-30)11-17(2)33-26(20)24/h6-8,11-13,16H,5,9-10,14-15H2,1-4H3,(H2,30,31,32). The number of pyridine rings is 1. The van der Waals surface area contributed by atoms with E-state index in [0.717, 1.165) is 23.0 Å². The average Bonchev–Trinajstić information content (AvgIpc) is 2.88. The van der Waals surface area contributed by atoms with Crippen molar-refractivity contribution in [3.8, 4) is 5.75 Å². The quantitative estimate of drug-likeness (QED) is 0.274. The van der Waals surface area contributed by atoms with Crippen molar-refractivity contribution in [1.29, 1.82) is 5.41 Å². The van der Waals surface area contributed by atoms with E-state index < -0.39 is 5.82 Å². The number of para-hydroxylation sites is 1. The number of aromatic nitrogens is 1. The second kappa shape index (κ2) is 13.1. The Balaban J connectivity index is 1.99. The molecule has 1 aromatic heterocycles. The molecule has 10 heteroatoms. The van der Waals surface area contributed by atoms with Crippen LogP contribution in [0.3, 0.4) is 0 Å². The first-order valence-corrected chi connectivity index (χ1v) is 12.2. The van der Waals surface area contributed by atoms with E-state index in [0.29, 0.717) is 47.8 Å². The number of nitrogens with one attached hydrogen (secondary N) is 2. The average molecular weight is 528 g/mol. The molecule has 0 spiro atoms. The Hall–Kier alpha value is -3.56. The van der Waals surface area contributed by atoms with Crippen LogP contribution in [0, 0.1) is 18.2 Å². The van der Waals surface area contributed by atoms with Gasteiger partial charge >= 0.3 is 0 Å². The summed E-state index contributed by atoms with van der Waals surface area (Å²) >= 11 is 6.46. The molecule has 0 saturated carbocycles. The summed E-state index contributed by atoms with van der Waals surface area (Å²) in [5, 5.41) is 11.4. The van der Waals surface area contributed by atoms with Gasteiger partial charge in [0.2, 0.25) is 5.91 Å². The summed E-state index contributed by atoms with van der Waals surface area (Å²) in [6.07, 6.45) is 1.29. The zero-order valence-corrected chi connectivity index (χ0v) is 22.2. The molecule has 0 radical (unpaired) electrons. The molecule has 8 nitrogen and oxygen atoms in total. The maximum absolute atomic E-state index is 14.3. The number of fused-ring (bicyclic) bond motifs is 1. The summed E-state index contributed by atoms with van der Waals surface area (Å²) in [7, 11) is 3.30. The summed E-state index contributed by atoms with van der Waals surface area (Å²) in [4.78, 5) is 22.9. The van der Waals surface area contributed by atoms with E-state index in [1.54, 1.807) is 32.0 Å². The number of carbonyl (C=O) groups is 1. The van der Waals surface area contributed by atoms with E-state index in [4.69, 9.17) is 26.5 Å². The van der Waals surface area contributed by atoms with E-state index in [2.05, 4.69) is 15.3 Å². The maximum Gasteiger partial charge on any atom is 0.222 e. The summed E-state index contributed by atoms with van der Waals surface area (Å²) in [5.74, 6) is 0.484. The van der Waals surface area contributed by atoms with Crippen LogP contribution in [0.15, 0.2) is 41.4 Å². The minimum Gasteiger partial charge on any atom is -0.487 e. The lowest BCUT2D eigenvalue weighted by Crippen LogP contribution is -2.33. The molecule has 0 bridgehead atoms. The highest BCUT2D eigenvalue weighted by molar-refractivity contribution is 6.31. The molecular formula is C27H31ClFN5O3. The Bertz CT molecular complexity index is 1310. The van der Waals surface area contributed by atoms with Crippen LogP contribution in [-0.2, 0) is 22.7 Å². The third-order valence-corrected chi connectivity index (χ3v) is 6.16. The number of amidine groups is 1. The van der Waals surface area contributed by atoms with Crippen molar-refractivity contribution in [3.63, 3.8) is 0 Å². The highest BCUT2D eigenvalue weighted by Crippen LogP contribution is 2.30. The number of methoxy groups -OCH3 is 1. The molecule has 0 atom stereocenters. The lowest BCUT2D eigenvalue weighted by molar-refractivity contribution is -0.132. The SMILES string of the molecule is CCC(=O)N(CCOC)Cc1cc(F)cc(Cl)c1COc1cccc2c(/C(=N/C=N)NC)cc(C)nc12. The Morgan fingerprint density at radius 3 is 2.78 bits per heavy atom. The van der Waals surface area contributed by atoms with Gasteiger partial charge in [0.05, 0.1) is 11.6 Å². The normalized spacial score (nSPS) is 11.5. The molecular weight excluding hydrogens is 497 g/mol. The lowest BCUT2D eigenvalue weighted by Gasteiger charge is -2.24. The Morgan fingerprint density at radius 1 is 1.32 bits per heavy atom. The lowest BCUT2D eigenvalue weighted by atomic mass is 10.1. The van der Waals surface area contributed by atoms with E-state index in [9.17, 15) is 9.18 Å². The van der Waals surface area contributed by atoms with Crippen LogP contribution in [-0.4, -0.2) is 55.3 Å². The highest BCUT2D eigenvalue weighted by Gasteiger charge is 2.19. The van der Waals surface area contributed by atoms with Crippen molar-refractivity contribution < 1.29 is 18.7 Å². The number of amides is 1. The molecule has 1 amide bonds. The van der Waals surface area contributed by atoms with Gasteiger partial charge < -0.3 is 19.7 Å². The fourth-order valence-electron chi connectivity index (χ4n) is 4.03. The van der Waals surface area contributed by atoms with Crippen LogP contribution < -0.4 is 10.1 Å². The molecule has 0 unspecified atom stereocenters. The molecule has 2 N–H and O–H groups in total. The fourth-order valence-corrected chi connectivity index (χ4v) is 4.31. The van der Waals surface area contributed by atoms with Crippen LogP contribution in [0.5, 0.6) is 5.75 Å². The third kappa shape index (κ3) is 6.81. The minimum absolute atomic E-state index is 0.0461. The summed E-state index contributed by atoms with van der Waals surface area (Å²) < 4.78 is 25.7.